The zero-order chi connectivity index (χ0) is 11.1. The van der Waals surface area contributed by atoms with Crippen molar-refractivity contribution in [3.8, 4) is 0 Å². The van der Waals surface area contributed by atoms with Gasteiger partial charge in [0.2, 0.25) is 0 Å². The van der Waals surface area contributed by atoms with Crippen molar-refractivity contribution in [2.24, 2.45) is 0 Å². The van der Waals surface area contributed by atoms with Crippen LogP contribution >= 0.6 is 0 Å². The van der Waals surface area contributed by atoms with Crippen molar-refractivity contribution >= 4 is 0 Å². The molecule has 15 heavy (non-hydrogen) atoms. The number of hydrogen-bond donors (Lipinski definition) is 0. The minimum Gasteiger partial charge on any atom is -0.293 e. The average molecular weight is 215 g/mol. The van der Waals surface area contributed by atoms with Crippen molar-refractivity contribution < 1.29 is 13.2 Å². The summed E-state index contributed by atoms with van der Waals surface area (Å²) in [5.74, 6) is -3.04. The Morgan fingerprint density at radius 3 is 2.67 bits per heavy atom. The van der Waals surface area contributed by atoms with Crippen molar-refractivity contribution in [1.29, 1.82) is 0 Å². The Morgan fingerprint density at radius 2 is 2.13 bits per heavy atom. The molecule has 1 unspecified atom stereocenters. The number of benzene rings is 1. The monoisotopic (exact) mass is 215 g/mol. The van der Waals surface area contributed by atoms with Gasteiger partial charge in [0.1, 0.15) is 5.82 Å². The molecule has 82 valence electrons. The van der Waals surface area contributed by atoms with Crippen LogP contribution in [-0.2, 0) is 0 Å². The zero-order valence-electron chi connectivity index (χ0n) is 8.38. The first-order chi connectivity index (χ1) is 6.98. The third-order valence-corrected chi connectivity index (χ3v) is 2.74. The minimum absolute atomic E-state index is 0.229. The van der Waals surface area contributed by atoms with Gasteiger partial charge in [-0.2, -0.15) is 0 Å². The van der Waals surface area contributed by atoms with Crippen LogP contribution < -0.4 is 0 Å². The second-order valence-electron chi connectivity index (χ2n) is 4.05. The van der Waals surface area contributed by atoms with Gasteiger partial charge < -0.3 is 0 Å². The second-order valence-corrected chi connectivity index (χ2v) is 4.05. The van der Waals surface area contributed by atoms with Gasteiger partial charge in [-0.05, 0) is 24.7 Å². The molecule has 2 rings (SSSR count). The molecule has 0 bridgehead atoms. The third-order valence-electron chi connectivity index (χ3n) is 2.74. The molecule has 1 fully saturated rings. The summed E-state index contributed by atoms with van der Waals surface area (Å²) in [6.07, 6.45) is -0.229. The molecule has 1 atom stereocenters. The van der Waals surface area contributed by atoms with Crippen LogP contribution in [0, 0.1) is 5.82 Å². The fraction of sp³-hybridized carbons (Fsp3) is 0.455. The van der Waals surface area contributed by atoms with Crippen molar-refractivity contribution in [3.63, 3.8) is 0 Å². The molecule has 0 spiro atoms. The van der Waals surface area contributed by atoms with Gasteiger partial charge >= 0.3 is 0 Å². The second kappa shape index (κ2) is 3.52. The lowest BCUT2D eigenvalue weighted by Gasteiger charge is -2.18. The van der Waals surface area contributed by atoms with Crippen LogP contribution in [-0.4, -0.2) is 24.4 Å². The zero-order valence-corrected chi connectivity index (χ0v) is 8.38. The molecule has 1 heterocycles. The van der Waals surface area contributed by atoms with Crippen molar-refractivity contribution in [2.75, 3.05) is 13.6 Å². The van der Waals surface area contributed by atoms with Crippen LogP contribution in [0.2, 0.25) is 0 Å². The summed E-state index contributed by atoms with van der Waals surface area (Å²) in [4.78, 5) is 1.56. The lowest BCUT2D eigenvalue weighted by Crippen LogP contribution is -2.22. The molecular formula is C11H12F3N. The van der Waals surface area contributed by atoms with Crippen LogP contribution in [0.3, 0.4) is 0 Å². The van der Waals surface area contributed by atoms with E-state index in [1.165, 1.54) is 12.1 Å². The maximum Gasteiger partial charge on any atom is 0.262 e. The number of likely N-dealkylation sites (tertiary alicyclic amines) is 1. The molecule has 0 aromatic heterocycles. The largest absolute Gasteiger partial charge is 0.293 e. The van der Waals surface area contributed by atoms with Crippen LogP contribution in [0.1, 0.15) is 18.0 Å². The molecule has 1 aromatic carbocycles. The molecular weight excluding hydrogens is 203 g/mol. The summed E-state index contributed by atoms with van der Waals surface area (Å²) in [7, 11) is 1.64. The van der Waals surface area contributed by atoms with Crippen LogP contribution in [0.15, 0.2) is 24.3 Å². The minimum atomic E-state index is -2.66. The first kappa shape index (κ1) is 10.5. The predicted molar refractivity (Wildman–Crippen MR) is 51.3 cm³/mol. The quantitative estimate of drug-likeness (QED) is 0.696. The summed E-state index contributed by atoms with van der Waals surface area (Å²) >= 11 is 0. The van der Waals surface area contributed by atoms with E-state index in [-0.39, 0.29) is 24.8 Å². The van der Waals surface area contributed by atoms with E-state index < -0.39 is 5.92 Å². The highest BCUT2D eigenvalue weighted by Gasteiger charge is 2.43. The Morgan fingerprint density at radius 1 is 1.40 bits per heavy atom. The topological polar surface area (TPSA) is 3.24 Å². The summed E-state index contributed by atoms with van der Waals surface area (Å²) < 4.78 is 39.1. The summed E-state index contributed by atoms with van der Waals surface area (Å²) in [5.41, 5.74) is 0.620. The number of alkyl halides is 2. The molecule has 0 amide bonds. The van der Waals surface area contributed by atoms with Gasteiger partial charge in [0.15, 0.2) is 0 Å². The van der Waals surface area contributed by atoms with Gasteiger partial charge in [-0.15, -0.1) is 0 Å². The summed E-state index contributed by atoms with van der Waals surface area (Å²) in [5, 5.41) is 0. The molecule has 4 heteroatoms. The first-order valence-electron chi connectivity index (χ1n) is 4.81. The van der Waals surface area contributed by atoms with Gasteiger partial charge in [0.25, 0.3) is 5.92 Å². The number of rotatable bonds is 1. The van der Waals surface area contributed by atoms with Gasteiger partial charge in [0.05, 0.1) is 6.54 Å². The van der Waals surface area contributed by atoms with Crippen molar-refractivity contribution in [3.05, 3.63) is 35.6 Å². The highest BCUT2D eigenvalue weighted by atomic mass is 19.3. The predicted octanol–water partition coefficient (Wildman–Crippen LogP) is 2.84. The van der Waals surface area contributed by atoms with E-state index in [0.717, 1.165) is 0 Å². The maximum atomic E-state index is 13.1. The van der Waals surface area contributed by atoms with E-state index in [9.17, 15) is 13.2 Å². The van der Waals surface area contributed by atoms with Crippen LogP contribution in [0.25, 0.3) is 0 Å². The molecule has 0 N–H and O–H groups in total. The molecule has 0 saturated carbocycles. The number of halogens is 3. The first-order valence-corrected chi connectivity index (χ1v) is 4.81. The fourth-order valence-electron chi connectivity index (χ4n) is 2.06. The molecule has 1 aliphatic rings. The highest BCUT2D eigenvalue weighted by molar-refractivity contribution is 5.22. The lowest BCUT2D eigenvalue weighted by molar-refractivity contribution is 0.0140. The SMILES string of the molecule is CN1CC(F)(F)CC1c1cccc(F)c1. The normalized spacial score (nSPS) is 25.7. The van der Waals surface area contributed by atoms with E-state index in [4.69, 9.17) is 0 Å². The Bertz CT molecular complexity index is 365. The van der Waals surface area contributed by atoms with E-state index in [1.807, 2.05) is 0 Å². The van der Waals surface area contributed by atoms with E-state index in [0.29, 0.717) is 5.56 Å². The third kappa shape index (κ3) is 2.15. The Hall–Kier alpha value is -1.03. The van der Waals surface area contributed by atoms with E-state index in [2.05, 4.69) is 0 Å². The maximum absolute atomic E-state index is 13.1. The standard InChI is InChI=1S/C11H12F3N/c1-15-7-11(13,14)6-10(15)8-3-2-4-9(12)5-8/h2-5,10H,6-7H2,1H3. The number of hydrogen-bond acceptors (Lipinski definition) is 1. The number of nitrogens with zero attached hydrogens (tertiary/aromatic N) is 1. The Balaban J connectivity index is 2.25. The molecule has 1 nitrogen and oxygen atoms in total. The summed E-state index contributed by atoms with van der Waals surface area (Å²) in [6, 6.07) is 5.50. The Labute approximate surface area is 86.5 Å². The van der Waals surface area contributed by atoms with E-state index in [1.54, 1.807) is 24.1 Å². The van der Waals surface area contributed by atoms with Gasteiger partial charge in [0, 0.05) is 12.5 Å². The highest BCUT2D eigenvalue weighted by Crippen LogP contribution is 2.39. The average Bonchev–Trinajstić information content (AvgIpc) is 2.40. The van der Waals surface area contributed by atoms with Gasteiger partial charge in [-0.1, -0.05) is 12.1 Å². The van der Waals surface area contributed by atoms with Gasteiger partial charge in [-0.25, -0.2) is 13.2 Å². The van der Waals surface area contributed by atoms with Crippen molar-refractivity contribution in [1.82, 2.24) is 4.90 Å². The molecule has 0 aliphatic carbocycles. The molecule has 0 radical (unpaired) electrons. The Kier molecular flexibility index (Phi) is 2.46. The summed E-state index contributed by atoms with van der Waals surface area (Å²) in [6.45, 7) is -0.256. The fourth-order valence-corrected chi connectivity index (χ4v) is 2.06. The van der Waals surface area contributed by atoms with Gasteiger partial charge in [-0.3, -0.25) is 4.90 Å². The molecule has 1 saturated heterocycles. The van der Waals surface area contributed by atoms with E-state index >= 15 is 0 Å². The molecule has 1 aromatic rings. The van der Waals surface area contributed by atoms with Crippen molar-refractivity contribution in [2.45, 2.75) is 18.4 Å². The molecule has 1 aliphatic heterocycles. The van der Waals surface area contributed by atoms with Crippen LogP contribution in [0.4, 0.5) is 13.2 Å². The van der Waals surface area contributed by atoms with Crippen LogP contribution in [0.5, 0.6) is 0 Å². The smallest absolute Gasteiger partial charge is 0.262 e. The lowest BCUT2D eigenvalue weighted by atomic mass is 10.0.